The summed E-state index contributed by atoms with van der Waals surface area (Å²) in [6.45, 7) is 2.65. The number of anilines is 1. The zero-order valence-electron chi connectivity index (χ0n) is 21.1. The van der Waals surface area contributed by atoms with Crippen molar-refractivity contribution in [3.63, 3.8) is 0 Å². The van der Waals surface area contributed by atoms with E-state index in [4.69, 9.17) is 14.2 Å². The van der Waals surface area contributed by atoms with Gasteiger partial charge in [-0.15, -0.1) is 22.7 Å². The molecule has 4 aromatic rings. The number of thiazole rings is 1. The maximum atomic E-state index is 11.3. The zero-order valence-corrected chi connectivity index (χ0v) is 22.8. The number of aromatic carboxylic acids is 1. The summed E-state index contributed by atoms with van der Waals surface area (Å²) in [6, 6.07) is 12.7. The maximum absolute atomic E-state index is 11.3. The first kappa shape index (κ1) is 24.1. The molecule has 5 heterocycles. The number of hydrogen-bond acceptors (Lipinski definition) is 8. The Morgan fingerprint density at radius 3 is 2.63 bits per heavy atom. The molecule has 3 aliphatic rings. The lowest BCUT2D eigenvalue weighted by atomic mass is 9.99. The third kappa shape index (κ3) is 4.36. The van der Waals surface area contributed by atoms with E-state index in [0.717, 1.165) is 76.8 Å². The van der Waals surface area contributed by atoms with E-state index in [1.165, 1.54) is 16.9 Å². The molecule has 0 spiro atoms. The van der Waals surface area contributed by atoms with Gasteiger partial charge in [-0.25, -0.2) is 9.78 Å². The lowest BCUT2D eigenvalue weighted by Gasteiger charge is -2.38. The highest BCUT2D eigenvalue weighted by Crippen LogP contribution is 2.46. The van der Waals surface area contributed by atoms with E-state index in [0.29, 0.717) is 29.5 Å². The molecule has 0 radical (unpaired) electrons. The first-order valence-electron chi connectivity index (χ1n) is 13.3. The van der Waals surface area contributed by atoms with Gasteiger partial charge in [-0.05, 0) is 63.1 Å². The minimum absolute atomic E-state index is 0.199. The summed E-state index contributed by atoms with van der Waals surface area (Å²) in [5.41, 5.74) is 5.24. The number of hydrogen-bond donors (Lipinski definition) is 1. The van der Waals surface area contributed by atoms with Gasteiger partial charge < -0.3 is 19.3 Å². The maximum Gasteiger partial charge on any atom is 0.345 e. The lowest BCUT2D eigenvalue weighted by Crippen LogP contribution is -2.45. The summed E-state index contributed by atoms with van der Waals surface area (Å²) in [4.78, 5) is 19.9. The molecule has 9 heteroatoms. The molecule has 1 aromatic carbocycles. The van der Waals surface area contributed by atoms with Crippen molar-refractivity contribution in [1.82, 2.24) is 10.1 Å². The topological polar surface area (TPSA) is 88.7 Å². The van der Waals surface area contributed by atoms with Gasteiger partial charge in [-0.1, -0.05) is 29.4 Å². The van der Waals surface area contributed by atoms with Crippen molar-refractivity contribution >= 4 is 33.8 Å². The van der Waals surface area contributed by atoms with Crippen LogP contribution >= 0.6 is 22.7 Å². The standard InChI is InChI=1S/C29H29N3O4S2/c1-16-4-2-3-5-21(16)26-22(27(36-31-26)17-6-7-17)14-35-20-12-18-8-9-19(13-20)32(18)29-30-23(15-37-29)24-10-11-25(38-24)28(33)34/h2-5,10-11,15,17-20H,6-9,12-14H2,1H3,(H,33,34)/t18-,19+,20?. The van der Waals surface area contributed by atoms with Crippen LogP contribution in [-0.4, -0.2) is 39.4 Å². The van der Waals surface area contributed by atoms with Crippen molar-refractivity contribution in [2.24, 2.45) is 0 Å². The fourth-order valence-electron chi connectivity index (χ4n) is 6.04. The number of rotatable bonds is 8. The highest BCUT2D eigenvalue weighted by atomic mass is 32.1. The average Bonchev–Trinajstić information content (AvgIpc) is 3.26. The van der Waals surface area contributed by atoms with Gasteiger partial charge in [0.15, 0.2) is 5.13 Å². The smallest absolute Gasteiger partial charge is 0.345 e. The molecular weight excluding hydrogens is 518 g/mol. The molecule has 196 valence electrons. The number of carboxylic acids is 1. The Morgan fingerprint density at radius 1 is 1.13 bits per heavy atom. The Hall–Kier alpha value is -3.01. The number of ether oxygens (including phenoxy) is 1. The Balaban J connectivity index is 1.06. The second-order valence-corrected chi connectivity index (χ2v) is 12.6. The van der Waals surface area contributed by atoms with Crippen LogP contribution in [0.1, 0.15) is 71.0 Å². The van der Waals surface area contributed by atoms with Crippen molar-refractivity contribution in [3.8, 4) is 21.8 Å². The summed E-state index contributed by atoms with van der Waals surface area (Å²) in [5.74, 6) is 0.600. The molecule has 0 amide bonds. The van der Waals surface area contributed by atoms with E-state index >= 15 is 0 Å². The van der Waals surface area contributed by atoms with Gasteiger partial charge in [-0.2, -0.15) is 0 Å². The number of piperidine rings is 1. The van der Waals surface area contributed by atoms with Crippen molar-refractivity contribution < 1.29 is 19.2 Å². The van der Waals surface area contributed by atoms with Crippen molar-refractivity contribution in [2.75, 3.05) is 4.90 Å². The Bertz CT molecular complexity index is 1470. The zero-order chi connectivity index (χ0) is 25.8. The van der Waals surface area contributed by atoms with Gasteiger partial charge >= 0.3 is 5.97 Å². The first-order valence-corrected chi connectivity index (χ1v) is 15.0. The van der Waals surface area contributed by atoms with Gasteiger partial charge in [0.25, 0.3) is 0 Å². The predicted octanol–water partition coefficient (Wildman–Crippen LogP) is 7.13. The molecule has 1 N–H and O–H groups in total. The molecule has 7 rings (SSSR count). The second-order valence-electron chi connectivity index (χ2n) is 10.6. The molecule has 3 fully saturated rings. The van der Waals surface area contributed by atoms with Crippen LogP contribution in [0.2, 0.25) is 0 Å². The third-order valence-corrected chi connectivity index (χ3v) is 10.1. The van der Waals surface area contributed by atoms with E-state index in [2.05, 4.69) is 41.2 Å². The number of nitrogens with zero attached hydrogens (tertiary/aromatic N) is 3. The average molecular weight is 548 g/mol. The molecule has 2 aliphatic heterocycles. The number of benzene rings is 1. The van der Waals surface area contributed by atoms with Gasteiger partial charge in [-0.3, -0.25) is 0 Å². The van der Waals surface area contributed by atoms with Crippen LogP contribution in [-0.2, 0) is 11.3 Å². The molecule has 7 nitrogen and oxygen atoms in total. The summed E-state index contributed by atoms with van der Waals surface area (Å²) in [7, 11) is 0. The summed E-state index contributed by atoms with van der Waals surface area (Å²) in [5, 5.41) is 16.8. The molecular formula is C29H29N3O4S2. The minimum Gasteiger partial charge on any atom is -0.477 e. The normalized spacial score (nSPS) is 22.8. The Morgan fingerprint density at radius 2 is 1.92 bits per heavy atom. The van der Waals surface area contributed by atoms with Crippen LogP contribution in [0.4, 0.5) is 5.13 Å². The van der Waals surface area contributed by atoms with Gasteiger partial charge in [0.05, 0.1) is 23.3 Å². The van der Waals surface area contributed by atoms with E-state index in [-0.39, 0.29) is 6.10 Å². The Kier molecular flexibility index (Phi) is 6.10. The quantitative estimate of drug-likeness (QED) is 0.251. The van der Waals surface area contributed by atoms with Crippen LogP contribution in [0.15, 0.2) is 46.3 Å². The van der Waals surface area contributed by atoms with Gasteiger partial charge in [0.2, 0.25) is 0 Å². The van der Waals surface area contributed by atoms with E-state index in [1.54, 1.807) is 17.4 Å². The monoisotopic (exact) mass is 547 g/mol. The molecule has 2 bridgehead atoms. The second kappa shape index (κ2) is 9.63. The van der Waals surface area contributed by atoms with Crippen molar-refractivity contribution in [3.05, 3.63) is 63.5 Å². The van der Waals surface area contributed by atoms with Crippen LogP contribution < -0.4 is 4.90 Å². The highest BCUT2D eigenvalue weighted by molar-refractivity contribution is 7.18. The highest BCUT2D eigenvalue weighted by Gasteiger charge is 2.43. The summed E-state index contributed by atoms with van der Waals surface area (Å²) >= 11 is 2.93. The number of carbonyl (C=O) groups is 1. The first-order chi connectivity index (χ1) is 18.5. The summed E-state index contributed by atoms with van der Waals surface area (Å²) < 4.78 is 12.5. The third-order valence-electron chi connectivity index (χ3n) is 8.10. The van der Waals surface area contributed by atoms with E-state index < -0.39 is 5.97 Å². The fourth-order valence-corrected chi connectivity index (χ4v) is 7.89. The SMILES string of the molecule is Cc1ccccc1-c1noc(C2CC2)c1COC1C[C@H]2CC[C@@H](C1)N2c1nc(-c2ccc(C(=O)O)s2)cs1. The van der Waals surface area contributed by atoms with Gasteiger partial charge in [0.1, 0.15) is 16.3 Å². The number of aromatic nitrogens is 2. The largest absolute Gasteiger partial charge is 0.477 e. The fraction of sp³-hybridized carbons (Fsp3) is 0.414. The van der Waals surface area contributed by atoms with Crippen LogP contribution in [0.3, 0.4) is 0 Å². The summed E-state index contributed by atoms with van der Waals surface area (Å²) in [6.07, 6.45) is 6.79. The lowest BCUT2D eigenvalue weighted by molar-refractivity contribution is 0.0147. The van der Waals surface area contributed by atoms with E-state index in [9.17, 15) is 9.90 Å². The van der Waals surface area contributed by atoms with Crippen LogP contribution in [0.5, 0.6) is 0 Å². The number of aryl methyl sites for hydroxylation is 1. The predicted molar refractivity (Wildman–Crippen MR) is 148 cm³/mol. The minimum atomic E-state index is -0.890. The number of thiophene rings is 1. The molecule has 1 aliphatic carbocycles. The molecule has 3 aromatic heterocycles. The molecule has 2 saturated heterocycles. The van der Waals surface area contributed by atoms with Crippen LogP contribution in [0.25, 0.3) is 21.8 Å². The van der Waals surface area contributed by atoms with Gasteiger partial charge in [0, 0.05) is 34.5 Å². The molecule has 3 atom stereocenters. The molecule has 38 heavy (non-hydrogen) atoms. The van der Waals surface area contributed by atoms with Crippen molar-refractivity contribution in [2.45, 2.75) is 76.2 Å². The number of fused-ring (bicyclic) bond motifs is 2. The molecule has 1 unspecified atom stereocenters. The van der Waals surface area contributed by atoms with Crippen molar-refractivity contribution in [1.29, 1.82) is 0 Å². The molecule has 1 saturated carbocycles. The van der Waals surface area contributed by atoms with Crippen LogP contribution in [0, 0.1) is 6.92 Å². The van der Waals surface area contributed by atoms with E-state index in [1.807, 2.05) is 11.4 Å². The number of carboxylic acid groups (broad SMARTS) is 1. The Labute approximate surface area is 229 Å².